The Bertz CT molecular complexity index is 1210. The molecule has 4 rings (SSSR count). The number of halogens is 4. The summed E-state index contributed by atoms with van der Waals surface area (Å²) in [4.78, 5) is 26.0. The molecule has 0 atom stereocenters. The van der Waals surface area contributed by atoms with Gasteiger partial charge in [0, 0.05) is 11.1 Å². The van der Waals surface area contributed by atoms with E-state index in [4.69, 9.17) is 46.4 Å². The number of nitrogens with zero attached hydrogens (tertiary/aromatic N) is 1. The van der Waals surface area contributed by atoms with Gasteiger partial charge in [-0.15, -0.1) is 0 Å². The maximum atomic E-state index is 13.1. The lowest BCUT2D eigenvalue weighted by molar-refractivity contribution is 0.0979. The highest BCUT2D eigenvalue weighted by molar-refractivity contribution is 6.55. The Labute approximate surface area is 186 Å². The number of fused-ring (bicyclic) bond motifs is 2. The summed E-state index contributed by atoms with van der Waals surface area (Å²) in [6.45, 7) is 0. The van der Waals surface area contributed by atoms with E-state index in [1.54, 1.807) is 24.4 Å². The minimum absolute atomic E-state index is 0.0317. The Morgan fingerprint density at radius 2 is 1.31 bits per heavy atom. The predicted octanol–water partition coefficient (Wildman–Crippen LogP) is 6.52. The van der Waals surface area contributed by atoms with Gasteiger partial charge in [-0.25, -0.2) is 0 Å². The van der Waals surface area contributed by atoms with Crippen LogP contribution in [0.5, 0.6) is 0 Å². The lowest BCUT2D eigenvalue weighted by Crippen LogP contribution is -2.22. The van der Waals surface area contributed by atoms with Crippen molar-refractivity contribution in [3.05, 3.63) is 96.4 Å². The van der Waals surface area contributed by atoms with E-state index < -0.39 is 11.6 Å². The van der Waals surface area contributed by atoms with Crippen LogP contribution in [-0.2, 0) is 0 Å². The molecule has 0 bridgehead atoms. The average molecular weight is 464 g/mol. The van der Waals surface area contributed by atoms with Crippen molar-refractivity contribution in [3.8, 4) is 0 Å². The Hall–Kier alpha value is -2.37. The van der Waals surface area contributed by atoms with Crippen LogP contribution in [0.1, 0.15) is 37.4 Å². The van der Waals surface area contributed by atoms with Gasteiger partial charge in [0.15, 0.2) is 11.6 Å². The molecule has 29 heavy (non-hydrogen) atoms. The third-order valence-corrected chi connectivity index (χ3v) is 6.24. The lowest BCUT2D eigenvalue weighted by Gasteiger charge is -2.21. The second-order valence-electron chi connectivity index (χ2n) is 6.21. The van der Waals surface area contributed by atoms with Crippen LogP contribution in [0.25, 0.3) is 0 Å². The van der Waals surface area contributed by atoms with E-state index in [-0.39, 0.29) is 42.3 Å². The number of hydrazone groups is 1. The van der Waals surface area contributed by atoms with Crippen LogP contribution < -0.4 is 5.43 Å². The second-order valence-corrected chi connectivity index (χ2v) is 7.72. The Kier molecular flexibility index (Phi) is 5.36. The van der Waals surface area contributed by atoms with Crippen molar-refractivity contribution < 1.29 is 9.59 Å². The van der Waals surface area contributed by atoms with Crippen molar-refractivity contribution in [2.75, 3.05) is 5.43 Å². The maximum Gasteiger partial charge on any atom is 0.196 e. The first kappa shape index (κ1) is 19.9. The summed E-state index contributed by atoms with van der Waals surface area (Å²) in [5.74, 6) is -0.891. The van der Waals surface area contributed by atoms with E-state index in [9.17, 15) is 9.59 Å². The second kappa shape index (κ2) is 7.81. The fourth-order valence-corrected chi connectivity index (χ4v) is 4.07. The normalized spacial score (nSPS) is 12.8. The van der Waals surface area contributed by atoms with Crippen molar-refractivity contribution in [3.63, 3.8) is 0 Å². The van der Waals surface area contributed by atoms with Crippen LogP contribution in [-0.4, -0.2) is 17.8 Å². The van der Waals surface area contributed by atoms with E-state index in [2.05, 4.69) is 10.5 Å². The van der Waals surface area contributed by atoms with Gasteiger partial charge in [0.05, 0.1) is 43.1 Å². The SMILES string of the molecule is O=C1c2ccc(/C=N/Nc3ccccc3)cc2C(=O)c2c(Cl)c(Cl)c(Cl)c(Cl)c21. The van der Waals surface area contributed by atoms with E-state index in [0.717, 1.165) is 5.69 Å². The molecule has 0 aromatic heterocycles. The van der Waals surface area contributed by atoms with Gasteiger partial charge in [-0.05, 0) is 29.8 Å². The van der Waals surface area contributed by atoms with Crippen LogP contribution >= 0.6 is 46.4 Å². The first-order chi connectivity index (χ1) is 13.9. The molecule has 0 saturated carbocycles. The number of nitrogens with one attached hydrogen (secondary N) is 1. The fraction of sp³-hybridized carbons (Fsp3) is 0. The number of benzene rings is 3. The number of hydrogen-bond acceptors (Lipinski definition) is 4. The van der Waals surface area contributed by atoms with Gasteiger partial charge < -0.3 is 0 Å². The molecule has 144 valence electrons. The summed E-state index contributed by atoms with van der Waals surface area (Å²) in [7, 11) is 0. The maximum absolute atomic E-state index is 13.1. The first-order valence-corrected chi connectivity index (χ1v) is 9.85. The molecule has 0 amide bonds. The van der Waals surface area contributed by atoms with E-state index in [1.165, 1.54) is 0 Å². The monoisotopic (exact) mass is 462 g/mol. The molecule has 3 aromatic rings. The molecule has 1 aliphatic rings. The standard InChI is InChI=1S/C21H10Cl4N2O2/c22-16-14-15(17(23)19(25)18(16)24)21(29)13-8-10(6-7-12(13)20(14)28)9-26-27-11-4-2-1-3-5-11/h1-9,27H/b26-9+. The molecule has 3 aromatic carbocycles. The van der Waals surface area contributed by atoms with Crippen LogP contribution in [0, 0.1) is 0 Å². The van der Waals surface area contributed by atoms with Gasteiger partial charge in [-0.1, -0.05) is 70.7 Å². The zero-order valence-corrected chi connectivity index (χ0v) is 17.5. The van der Waals surface area contributed by atoms with E-state index >= 15 is 0 Å². The molecule has 8 heteroatoms. The number of hydrogen-bond donors (Lipinski definition) is 1. The fourth-order valence-electron chi connectivity index (χ4n) is 3.05. The molecule has 0 radical (unpaired) electrons. The molecule has 1 N–H and O–H groups in total. The average Bonchev–Trinajstić information content (AvgIpc) is 2.74. The van der Waals surface area contributed by atoms with Crippen molar-refractivity contribution in [2.45, 2.75) is 0 Å². The molecule has 0 unspecified atom stereocenters. The van der Waals surface area contributed by atoms with Gasteiger partial charge in [0.1, 0.15) is 0 Å². The van der Waals surface area contributed by atoms with Crippen molar-refractivity contribution >= 4 is 69.9 Å². The van der Waals surface area contributed by atoms with Gasteiger partial charge in [-0.3, -0.25) is 15.0 Å². The zero-order valence-electron chi connectivity index (χ0n) is 14.5. The van der Waals surface area contributed by atoms with Crippen LogP contribution in [0.15, 0.2) is 53.6 Å². The minimum atomic E-state index is -0.452. The van der Waals surface area contributed by atoms with Crippen molar-refractivity contribution in [2.24, 2.45) is 5.10 Å². The summed E-state index contributed by atoms with van der Waals surface area (Å²) in [6, 6.07) is 14.2. The smallest absolute Gasteiger partial charge is 0.196 e. The highest BCUT2D eigenvalue weighted by atomic mass is 35.5. The number of rotatable bonds is 3. The highest BCUT2D eigenvalue weighted by Gasteiger charge is 2.36. The zero-order chi connectivity index (χ0) is 20.7. The van der Waals surface area contributed by atoms with Gasteiger partial charge in [0.25, 0.3) is 0 Å². The predicted molar refractivity (Wildman–Crippen MR) is 117 cm³/mol. The van der Waals surface area contributed by atoms with E-state index in [1.807, 2.05) is 30.3 Å². The number of ketones is 2. The molecule has 0 fully saturated rings. The number of anilines is 1. The van der Waals surface area contributed by atoms with E-state index in [0.29, 0.717) is 5.56 Å². The Balaban J connectivity index is 1.74. The molecule has 0 spiro atoms. The topological polar surface area (TPSA) is 58.5 Å². The van der Waals surface area contributed by atoms with Crippen molar-refractivity contribution in [1.29, 1.82) is 0 Å². The molecule has 0 heterocycles. The van der Waals surface area contributed by atoms with Crippen LogP contribution in [0.3, 0.4) is 0 Å². The molecule has 4 nitrogen and oxygen atoms in total. The number of carbonyl (C=O) groups is 2. The molecule has 0 saturated heterocycles. The van der Waals surface area contributed by atoms with Gasteiger partial charge in [-0.2, -0.15) is 5.10 Å². The van der Waals surface area contributed by atoms with Crippen LogP contribution in [0.4, 0.5) is 5.69 Å². The molecular formula is C21H10Cl4N2O2. The van der Waals surface area contributed by atoms with Gasteiger partial charge in [0.2, 0.25) is 0 Å². The molecule has 1 aliphatic carbocycles. The van der Waals surface area contributed by atoms with Gasteiger partial charge >= 0.3 is 0 Å². The van der Waals surface area contributed by atoms with Crippen molar-refractivity contribution in [1.82, 2.24) is 0 Å². The number of para-hydroxylation sites is 1. The minimum Gasteiger partial charge on any atom is -0.289 e. The highest BCUT2D eigenvalue weighted by Crippen LogP contribution is 2.45. The Morgan fingerprint density at radius 1 is 0.724 bits per heavy atom. The quantitative estimate of drug-likeness (QED) is 0.163. The molecular weight excluding hydrogens is 454 g/mol. The summed E-state index contributed by atoms with van der Waals surface area (Å²) in [6.07, 6.45) is 1.55. The summed E-state index contributed by atoms with van der Waals surface area (Å²) in [5.41, 5.74) is 4.66. The Morgan fingerprint density at radius 3 is 1.93 bits per heavy atom. The van der Waals surface area contributed by atoms with Crippen LogP contribution in [0.2, 0.25) is 20.1 Å². The summed E-state index contributed by atoms with van der Waals surface area (Å²) < 4.78 is 0. The number of carbonyl (C=O) groups excluding carboxylic acids is 2. The third-order valence-electron chi connectivity index (χ3n) is 4.44. The first-order valence-electron chi connectivity index (χ1n) is 8.33. The third kappa shape index (κ3) is 3.43. The largest absolute Gasteiger partial charge is 0.289 e. The summed E-state index contributed by atoms with van der Waals surface area (Å²) in [5, 5.41) is 3.85. The summed E-state index contributed by atoms with van der Waals surface area (Å²) >= 11 is 24.6. The lowest BCUT2D eigenvalue weighted by atomic mass is 9.83. The molecule has 0 aliphatic heterocycles.